The first-order valence-electron chi connectivity index (χ1n) is 6.46. The number of hydrogen-bond donors (Lipinski definition) is 2. The van der Waals surface area contributed by atoms with Gasteiger partial charge >= 0.3 is 0 Å². The zero-order valence-corrected chi connectivity index (χ0v) is 11.2. The van der Waals surface area contributed by atoms with Crippen molar-refractivity contribution in [2.45, 2.75) is 6.10 Å². The molecule has 5 nitrogen and oxygen atoms in total. The lowest BCUT2D eigenvalue weighted by Gasteiger charge is -2.07. The van der Waals surface area contributed by atoms with Gasteiger partial charge in [0, 0.05) is 42.5 Å². The number of nitrogens with two attached hydrogens (primary N) is 1. The number of nitrogens with zero attached hydrogens (tertiary/aromatic N) is 3. The van der Waals surface area contributed by atoms with E-state index in [9.17, 15) is 5.11 Å². The smallest absolute Gasteiger partial charge is 0.158 e. The van der Waals surface area contributed by atoms with Crippen molar-refractivity contribution in [3.63, 3.8) is 0 Å². The van der Waals surface area contributed by atoms with Crippen molar-refractivity contribution in [2.75, 3.05) is 6.54 Å². The Morgan fingerprint density at radius 2 is 2.10 bits per heavy atom. The molecule has 1 aromatic carbocycles. The van der Waals surface area contributed by atoms with Gasteiger partial charge in [0.15, 0.2) is 5.82 Å². The first-order chi connectivity index (χ1) is 9.70. The summed E-state index contributed by atoms with van der Waals surface area (Å²) in [5.74, 6) is 0.359. The SMILES string of the molecule is Cn1cc(-c2ccnc(C(O)CN)n2)c2ccccc21. The Bertz CT molecular complexity index is 750. The van der Waals surface area contributed by atoms with Gasteiger partial charge in [-0.1, -0.05) is 18.2 Å². The summed E-state index contributed by atoms with van der Waals surface area (Å²) in [6.45, 7) is 0.110. The van der Waals surface area contributed by atoms with Crippen molar-refractivity contribution in [2.24, 2.45) is 12.8 Å². The highest BCUT2D eigenvalue weighted by atomic mass is 16.3. The van der Waals surface area contributed by atoms with Crippen molar-refractivity contribution in [3.05, 3.63) is 48.5 Å². The molecule has 0 saturated heterocycles. The summed E-state index contributed by atoms with van der Waals surface area (Å²) in [4.78, 5) is 8.50. The van der Waals surface area contributed by atoms with Gasteiger partial charge in [-0.05, 0) is 12.1 Å². The van der Waals surface area contributed by atoms with Crippen LogP contribution in [0.4, 0.5) is 0 Å². The van der Waals surface area contributed by atoms with Crippen LogP contribution in [0.15, 0.2) is 42.7 Å². The number of aliphatic hydroxyl groups is 1. The molecule has 0 amide bonds. The average molecular weight is 268 g/mol. The largest absolute Gasteiger partial charge is 0.384 e. The molecular weight excluding hydrogens is 252 g/mol. The van der Waals surface area contributed by atoms with Crippen LogP contribution in [-0.4, -0.2) is 26.2 Å². The van der Waals surface area contributed by atoms with E-state index in [0.717, 1.165) is 22.2 Å². The topological polar surface area (TPSA) is 77.0 Å². The predicted molar refractivity (Wildman–Crippen MR) is 78.0 cm³/mol. The maximum Gasteiger partial charge on any atom is 0.158 e. The van der Waals surface area contributed by atoms with Crippen molar-refractivity contribution in [1.29, 1.82) is 0 Å². The maximum atomic E-state index is 9.76. The summed E-state index contributed by atoms with van der Waals surface area (Å²) < 4.78 is 2.06. The molecule has 0 aliphatic rings. The van der Waals surface area contributed by atoms with Gasteiger partial charge in [-0.25, -0.2) is 9.97 Å². The van der Waals surface area contributed by atoms with Crippen molar-refractivity contribution in [1.82, 2.24) is 14.5 Å². The van der Waals surface area contributed by atoms with Crippen LogP contribution in [0, 0.1) is 0 Å². The van der Waals surface area contributed by atoms with Crippen molar-refractivity contribution < 1.29 is 5.11 Å². The van der Waals surface area contributed by atoms with Crippen LogP contribution < -0.4 is 5.73 Å². The number of rotatable bonds is 3. The summed E-state index contributed by atoms with van der Waals surface area (Å²) in [6.07, 6.45) is 2.86. The first-order valence-corrected chi connectivity index (χ1v) is 6.46. The Labute approximate surface area is 116 Å². The second-order valence-electron chi connectivity index (χ2n) is 4.72. The molecule has 2 heterocycles. The normalized spacial score (nSPS) is 12.8. The zero-order chi connectivity index (χ0) is 14.1. The van der Waals surface area contributed by atoms with Gasteiger partial charge in [0.05, 0.1) is 5.69 Å². The lowest BCUT2D eigenvalue weighted by Crippen LogP contribution is -2.14. The van der Waals surface area contributed by atoms with Crippen LogP contribution in [0.1, 0.15) is 11.9 Å². The number of aromatic nitrogens is 3. The average Bonchev–Trinajstić information content (AvgIpc) is 2.84. The maximum absolute atomic E-state index is 9.76. The summed E-state index contributed by atoms with van der Waals surface area (Å²) >= 11 is 0. The van der Waals surface area contributed by atoms with Crippen LogP contribution >= 0.6 is 0 Å². The summed E-state index contributed by atoms with van der Waals surface area (Å²) in [7, 11) is 2.00. The number of aryl methyl sites for hydroxylation is 1. The number of para-hydroxylation sites is 1. The molecule has 0 aliphatic heterocycles. The molecule has 102 valence electrons. The van der Waals surface area contributed by atoms with Crippen LogP contribution in [-0.2, 0) is 7.05 Å². The number of fused-ring (bicyclic) bond motifs is 1. The van der Waals surface area contributed by atoms with Crippen LogP contribution in [0.25, 0.3) is 22.2 Å². The molecule has 0 spiro atoms. The van der Waals surface area contributed by atoms with Gasteiger partial charge in [0.1, 0.15) is 6.10 Å². The quantitative estimate of drug-likeness (QED) is 0.757. The van der Waals surface area contributed by atoms with E-state index in [-0.39, 0.29) is 6.54 Å². The third-order valence-electron chi connectivity index (χ3n) is 3.37. The minimum atomic E-state index is -0.829. The third kappa shape index (κ3) is 2.07. The van der Waals surface area contributed by atoms with E-state index >= 15 is 0 Å². The fourth-order valence-electron chi connectivity index (χ4n) is 2.34. The Hall–Kier alpha value is -2.24. The van der Waals surface area contributed by atoms with E-state index in [0.29, 0.717) is 5.82 Å². The third-order valence-corrected chi connectivity index (χ3v) is 3.37. The molecule has 0 saturated carbocycles. The molecule has 3 rings (SSSR count). The number of hydrogen-bond acceptors (Lipinski definition) is 4. The molecule has 5 heteroatoms. The van der Waals surface area contributed by atoms with Gasteiger partial charge < -0.3 is 15.4 Å². The number of benzene rings is 1. The van der Waals surface area contributed by atoms with Crippen LogP contribution in [0.2, 0.25) is 0 Å². The Morgan fingerprint density at radius 3 is 2.90 bits per heavy atom. The van der Waals surface area contributed by atoms with Crippen molar-refractivity contribution >= 4 is 10.9 Å². The molecule has 0 radical (unpaired) electrons. The van der Waals surface area contributed by atoms with Gasteiger partial charge in [-0.2, -0.15) is 0 Å². The molecule has 3 aromatic rings. The highest BCUT2D eigenvalue weighted by molar-refractivity contribution is 5.95. The molecule has 0 bridgehead atoms. The second-order valence-corrected chi connectivity index (χ2v) is 4.72. The fraction of sp³-hybridized carbons (Fsp3) is 0.200. The Morgan fingerprint density at radius 1 is 1.30 bits per heavy atom. The second kappa shape index (κ2) is 5.03. The lowest BCUT2D eigenvalue weighted by molar-refractivity contribution is 0.176. The van der Waals surface area contributed by atoms with Crippen molar-refractivity contribution in [3.8, 4) is 11.3 Å². The van der Waals surface area contributed by atoms with Crippen LogP contribution in [0.5, 0.6) is 0 Å². The summed E-state index contributed by atoms with van der Waals surface area (Å²) in [5.41, 5.74) is 8.41. The first kappa shape index (κ1) is 12.8. The minimum Gasteiger partial charge on any atom is -0.384 e. The zero-order valence-electron chi connectivity index (χ0n) is 11.2. The molecule has 2 aromatic heterocycles. The van der Waals surface area contributed by atoms with E-state index in [1.807, 2.05) is 31.4 Å². The van der Waals surface area contributed by atoms with E-state index in [1.54, 1.807) is 6.20 Å². The molecule has 1 unspecified atom stereocenters. The van der Waals surface area contributed by atoms with Gasteiger partial charge in [0.2, 0.25) is 0 Å². The lowest BCUT2D eigenvalue weighted by atomic mass is 10.1. The monoisotopic (exact) mass is 268 g/mol. The summed E-state index contributed by atoms with van der Waals surface area (Å²) in [6, 6.07) is 9.98. The van der Waals surface area contributed by atoms with Gasteiger partial charge in [-0.15, -0.1) is 0 Å². The molecule has 20 heavy (non-hydrogen) atoms. The predicted octanol–water partition coefficient (Wildman–Crippen LogP) is 1.63. The van der Waals surface area contributed by atoms with E-state index < -0.39 is 6.10 Å². The fourth-order valence-corrected chi connectivity index (χ4v) is 2.34. The van der Waals surface area contributed by atoms with Gasteiger partial charge in [-0.3, -0.25) is 0 Å². The highest BCUT2D eigenvalue weighted by Crippen LogP contribution is 2.28. The van der Waals surface area contributed by atoms with E-state index in [4.69, 9.17) is 5.73 Å². The Kier molecular flexibility index (Phi) is 3.22. The molecule has 3 N–H and O–H groups in total. The molecule has 1 atom stereocenters. The molecule has 0 fully saturated rings. The Balaban J connectivity index is 2.16. The summed E-state index contributed by atoms with van der Waals surface area (Å²) in [5, 5.41) is 10.9. The van der Waals surface area contributed by atoms with E-state index in [1.165, 1.54) is 0 Å². The van der Waals surface area contributed by atoms with E-state index in [2.05, 4.69) is 26.7 Å². The highest BCUT2D eigenvalue weighted by Gasteiger charge is 2.13. The van der Waals surface area contributed by atoms with Gasteiger partial charge in [0.25, 0.3) is 0 Å². The van der Waals surface area contributed by atoms with Crippen LogP contribution in [0.3, 0.4) is 0 Å². The molecule has 0 aliphatic carbocycles. The molecular formula is C15H16N4O. The number of aliphatic hydroxyl groups excluding tert-OH is 1. The minimum absolute atomic E-state index is 0.110. The standard InChI is InChI=1S/C15H16N4O/c1-19-9-11(10-4-2-3-5-13(10)19)12-6-7-17-15(18-12)14(20)8-16/h2-7,9,14,20H,8,16H2,1H3.